The number of phenolic OH excluding ortho intramolecular Hbond substituents is 1. The molecular weight excluding hydrogens is 316 g/mol. The minimum absolute atomic E-state index is 0.168. The van der Waals surface area contributed by atoms with Crippen molar-refractivity contribution in [1.29, 1.82) is 5.26 Å². The molecule has 0 saturated carbocycles. The molecule has 0 radical (unpaired) electrons. The molecule has 3 aromatic heterocycles. The molecule has 0 aliphatic rings. The molecule has 0 amide bonds. The lowest BCUT2D eigenvalue weighted by Crippen LogP contribution is -2.06. The van der Waals surface area contributed by atoms with E-state index < -0.39 is 0 Å². The Balaban J connectivity index is 2.28. The standard InChI is InChI=1S/C19H16N4O2/c1-9-4-5-14(24)10(2)16(9)23-18(21)13(8-20)15-12-6-7-25-17(12)11(3)22-19(15)23/h4-7,24H,21H2,1-3H3. The molecule has 4 rings (SSSR count). The van der Waals surface area contributed by atoms with Crippen molar-refractivity contribution >= 4 is 27.8 Å². The van der Waals surface area contributed by atoms with Gasteiger partial charge >= 0.3 is 0 Å². The van der Waals surface area contributed by atoms with E-state index >= 15 is 0 Å². The SMILES string of the molecule is Cc1ccc(O)c(C)c1-n1c(N)c(C#N)c2c3ccoc3c(C)nc21. The Labute approximate surface area is 143 Å². The van der Waals surface area contributed by atoms with Gasteiger partial charge in [-0.15, -0.1) is 0 Å². The van der Waals surface area contributed by atoms with Crippen molar-refractivity contribution in [3.8, 4) is 17.5 Å². The van der Waals surface area contributed by atoms with E-state index in [1.165, 1.54) is 0 Å². The van der Waals surface area contributed by atoms with Gasteiger partial charge in [0.2, 0.25) is 0 Å². The fraction of sp³-hybridized carbons (Fsp3) is 0.158. The van der Waals surface area contributed by atoms with Gasteiger partial charge in [0.05, 0.1) is 23.0 Å². The Morgan fingerprint density at radius 1 is 1.24 bits per heavy atom. The Kier molecular flexibility index (Phi) is 3.03. The van der Waals surface area contributed by atoms with Crippen molar-refractivity contribution in [3.63, 3.8) is 0 Å². The molecule has 1 aromatic carbocycles. The highest BCUT2D eigenvalue weighted by Gasteiger charge is 2.24. The third-order valence-corrected chi connectivity index (χ3v) is 4.66. The van der Waals surface area contributed by atoms with Crippen molar-refractivity contribution < 1.29 is 9.52 Å². The Hall–Kier alpha value is -3.46. The van der Waals surface area contributed by atoms with E-state index in [4.69, 9.17) is 10.2 Å². The van der Waals surface area contributed by atoms with Crippen LogP contribution in [0.5, 0.6) is 5.75 Å². The van der Waals surface area contributed by atoms with Crippen LogP contribution in [0.4, 0.5) is 5.82 Å². The molecule has 0 spiro atoms. The largest absolute Gasteiger partial charge is 0.508 e. The van der Waals surface area contributed by atoms with Crippen LogP contribution in [0.15, 0.2) is 28.9 Å². The predicted octanol–water partition coefficient (Wildman–Crippen LogP) is 3.86. The summed E-state index contributed by atoms with van der Waals surface area (Å²) in [6.45, 7) is 5.60. The maximum Gasteiger partial charge on any atom is 0.155 e. The number of rotatable bonds is 1. The highest BCUT2D eigenvalue weighted by Crippen LogP contribution is 2.39. The van der Waals surface area contributed by atoms with E-state index in [2.05, 4.69) is 11.1 Å². The van der Waals surface area contributed by atoms with E-state index in [9.17, 15) is 10.4 Å². The summed E-state index contributed by atoms with van der Waals surface area (Å²) < 4.78 is 7.26. The fourth-order valence-corrected chi connectivity index (χ4v) is 3.44. The summed E-state index contributed by atoms with van der Waals surface area (Å²) in [5.74, 6) is 0.469. The number of nitrogen functional groups attached to an aromatic ring is 1. The molecule has 4 aromatic rings. The van der Waals surface area contributed by atoms with E-state index in [1.807, 2.05) is 32.9 Å². The third-order valence-electron chi connectivity index (χ3n) is 4.66. The van der Waals surface area contributed by atoms with Gasteiger partial charge in [-0.3, -0.25) is 4.57 Å². The second kappa shape index (κ2) is 5.02. The number of pyridine rings is 1. The van der Waals surface area contributed by atoms with Crippen LogP contribution in [0.25, 0.3) is 27.7 Å². The number of aromatic nitrogens is 2. The predicted molar refractivity (Wildman–Crippen MR) is 95.8 cm³/mol. The normalized spacial score (nSPS) is 11.3. The van der Waals surface area contributed by atoms with Gasteiger partial charge in [0.1, 0.15) is 28.8 Å². The number of furan rings is 1. The summed E-state index contributed by atoms with van der Waals surface area (Å²) in [4.78, 5) is 4.65. The quantitative estimate of drug-likeness (QED) is 0.551. The van der Waals surface area contributed by atoms with Gasteiger partial charge in [-0.05, 0) is 38.5 Å². The van der Waals surface area contributed by atoms with Crippen molar-refractivity contribution in [2.75, 3.05) is 5.73 Å². The smallest absolute Gasteiger partial charge is 0.155 e. The average molecular weight is 332 g/mol. The van der Waals surface area contributed by atoms with Gasteiger partial charge in [0.15, 0.2) is 5.58 Å². The van der Waals surface area contributed by atoms with Crippen LogP contribution in [0, 0.1) is 32.1 Å². The summed E-state index contributed by atoms with van der Waals surface area (Å²) in [6.07, 6.45) is 1.58. The lowest BCUT2D eigenvalue weighted by molar-refractivity contribution is 0.470. The second-order valence-electron chi connectivity index (χ2n) is 6.14. The zero-order valence-electron chi connectivity index (χ0n) is 14.1. The molecule has 3 heterocycles. The summed E-state index contributed by atoms with van der Waals surface area (Å²) in [6, 6.07) is 7.48. The minimum Gasteiger partial charge on any atom is -0.508 e. The number of benzene rings is 1. The molecule has 0 fully saturated rings. The Morgan fingerprint density at radius 2 is 2.00 bits per heavy atom. The molecule has 0 unspecified atom stereocenters. The molecular formula is C19H16N4O2. The van der Waals surface area contributed by atoms with Crippen LogP contribution in [-0.2, 0) is 0 Å². The molecule has 0 bridgehead atoms. The third kappa shape index (κ3) is 1.86. The van der Waals surface area contributed by atoms with Crippen LogP contribution in [0.2, 0.25) is 0 Å². The molecule has 124 valence electrons. The van der Waals surface area contributed by atoms with Crippen molar-refractivity contribution in [3.05, 3.63) is 46.8 Å². The zero-order chi connectivity index (χ0) is 17.9. The number of nitriles is 1. The van der Waals surface area contributed by atoms with Crippen molar-refractivity contribution in [2.24, 2.45) is 0 Å². The van der Waals surface area contributed by atoms with Gasteiger partial charge < -0.3 is 15.3 Å². The first-order valence-electron chi connectivity index (χ1n) is 7.83. The molecule has 6 heteroatoms. The topological polar surface area (TPSA) is 101 Å². The number of hydrogen-bond donors (Lipinski definition) is 2. The average Bonchev–Trinajstić information content (AvgIpc) is 3.16. The molecule has 0 saturated heterocycles. The summed E-state index contributed by atoms with van der Waals surface area (Å²) in [5, 5.41) is 21.3. The molecule has 3 N–H and O–H groups in total. The lowest BCUT2D eigenvalue weighted by Gasteiger charge is -2.15. The van der Waals surface area contributed by atoms with E-state index in [0.717, 1.165) is 16.6 Å². The molecule has 0 aliphatic heterocycles. The first-order valence-corrected chi connectivity index (χ1v) is 7.83. The van der Waals surface area contributed by atoms with Crippen LogP contribution in [-0.4, -0.2) is 14.7 Å². The van der Waals surface area contributed by atoms with Gasteiger partial charge in [-0.2, -0.15) is 5.26 Å². The van der Waals surface area contributed by atoms with E-state index in [1.54, 1.807) is 16.9 Å². The number of aromatic hydroxyl groups is 1. The number of hydrogen-bond acceptors (Lipinski definition) is 5. The highest BCUT2D eigenvalue weighted by atomic mass is 16.3. The lowest BCUT2D eigenvalue weighted by atomic mass is 10.1. The monoisotopic (exact) mass is 332 g/mol. The first-order chi connectivity index (χ1) is 12.0. The summed E-state index contributed by atoms with van der Waals surface area (Å²) in [5.41, 5.74) is 11.0. The van der Waals surface area contributed by atoms with Crippen LogP contribution >= 0.6 is 0 Å². The van der Waals surface area contributed by atoms with Crippen molar-refractivity contribution in [1.82, 2.24) is 9.55 Å². The fourth-order valence-electron chi connectivity index (χ4n) is 3.44. The molecule has 25 heavy (non-hydrogen) atoms. The van der Waals surface area contributed by atoms with Crippen LogP contribution < -0.4 is 5.73 Å². The number of nitrogens with zero attached hydrogens (tertiary/aromatic N) is 3. The van der Waals surface area contributed by atoms with Crippen molar-refractivity contribution in [2.45, 2.75) is 20.8 Å². The highest BCUT2D eigenvalue weighted by molar-refractivity contribution is 6.10. The number of nitrogens with two attached hydrogens (primary N) is 1. The van der Waals surface area contributed by atoms with E-state index in [0.29, 0.717) is 39.3 Å². The summed E-state index contributed by atoms with van der Waals surface area (Å²) >= 11 is 0. The maximum absolute atomic E-state index is 10.2. The molecule has 6 nitrogen and oxygen atoms in total. The van der Waals surface area contributed by atoms with Gasteiger partial charge in [-0.1, -0.05) is 6.07 Å². The number of aryl methyl sites for hydroxylation is 2. The second-order valence-corrected chi connectivity index (χ2v) is 6.14. The minimum atomic E-state index is 0.168. The molecule has 0 atom stereocenters. The Bertz CT molecular complexity index is 1210. The Morgan fingerprint density at radius 3 is 2.72 bits per heavy atom. The van der Waals surface area contributed by atoms with Crippen LogP contribution in [0.1, 0.15) is 22.4 Å². The van der Waals surface area contributed by atoms with Crippen LogP contribution in [0.3, 0.4) is 0 Å². The van der Waals surface area contributed by atoms with Gasteiger partial charge in [-0.25, -0.2) is 4.98 Å². The number of anilines is 1. The number of fused-ring (bicyclic) bond motifs is 3. The maximum atomic E-state index is 10.2. The zero-order valence-corrected chi connectivity index (χ0v) is 14.1. The van der Waals surface area contributed by atoms with Gasteiger partial charge in [0.25, 0.3) is 0 Å². The molecule has 0 aliphatic carbocycles. The van der Waals surface area contributed by atoms with Gasteiger partial charge in [0, 0.05) is 10.9 Å². The summed E-state index contributed by atoms with van der Waals surface area (Å²) in [7, 11) is 0. The van der Waals surface area contributed by atoms with E-state index in [-0.39, 0.29) is 5.75 Å². The first kappa shape index (κ1) is 15.1. The number of phenols is 1.